The van der Waals surface area contributed by atoms with Crippen LogP contribution in [0.4, 0.5) is 0 Å². The van der Waals surface area contributed by atoms with Gasteiger partial charge in [-0.3, -0.25) is 4.90 Å². The van der Waals surface area contributed by atoms with Crippen molar-refractivity contribution in [2.75, 3.05) is 13.1 Å². The average Bonchev–Trinajstić information content (AvgIpc) is 2.68. The highest BCUT2D eigenvalue weighted by atomic mass is 16.3. The largest absolute Gasteiger partial charge is 0.465 e. The molecule has 0 fully saturated rings. The van der Waals surface area contributed by atoms with Crippen LogP contribution in [0, 0.1) is 6.92 Å². The van der Waals surface area contributed by atoms with Gasteiger partial charge in [-0.25, -0.2) is 0 Å². The second-order valence-corrected chi connectivity index (χ2v) is 6.42. The Labute approximate surface area is 124 Å². The zero-order valence-corrected chi connectivity index (χ0v) is 13.8. The van der Waals surface area contributed by atoms with E-state index in [4.69, 9.17) is 4.42 Å². The highest BCUT2D eigenvalue weighted by Gasteiger charge is 2.13. The number of nitrogens with one attached hydrogen (secondary N) is 1. The molecule has 1 aromatic rings. The minimum absolute atomic E-state index is 0.109. The van der Waals surface area contributed by atoms with Crippen LogP contribution in [-0.4, -0.2) is 23.5 Å². The molecular formula is C17H30N2O. The molecule has 0 aromatic carbocycles. The van der Waals surface area contributed by atoms with Gasteiger partial charge in [-0.2, -0.15) is 0 Å². The Morgan fingerprint density at radius 3 is 2.65 bits per heavy atom. The van der Waals surface area contributed by atoms with Gasteiger partial charge in [0.2, 0.25) is 0 Å². The van der Waals surface area contributed by atoms with Crippen molar-refractivity contribution < 1.29 is 4.42 Å². The Hall–Kier alpha value is -1.06. The molecule has 0 spiro atoms. The van der Waals surface area contributed by atoms with Crippen LogP contribution in [0.1, 0.15) is 51.2 Å². The van der Waals surface area contributed by atoms with E-state index in [0.29, 0.717) is 0 Å². The minimum atomic E-state index is 0.109. The third-order valence-corrected chi connectivity index (χ3v) is 3.19. The van der Waals surface area contributed by atoms with E-state index in [1.54, 1.807) is 0 Å². The lowest BCUT2D eigenvalue weighted by molar-refractivity contribution is 0.293. The Morgan fingerprint density at radius 2 is 2.10 bits per heavy atom. The number of rotatable bonds is 8. The first kappa shape index (κ1) is 17.0. The number of nitrogens with zero attached hydrogens (tertiary/aromatic N) is 1. The molecule has 1 N–H and O–H groups in total. The normalized spacial score (nSPS) is 12.1. The van der Waals surface area contributed by atoms with Crippen molar-refractivity contribution in [1.29, 1.82) is 0 Å². The fraction of sp³-hybridized carbons (Fsp3) is 0.647. The molecule has 0 aliphatic heterocycles. The SMILES string of the molecule is C=CCN(CCC)Cc1cc(CNC(C)(C)C)oc1C. The summed E-state index contributed by atoms with van der Waals surface area (Å²) < 4.78 is 5.85. The summed E-state index contributed by atoms with van der Waals surface area (Å²) in [5.74, 6) is 2.04. The molecule has 20 heavy (non-hydrogen) atoms. The topological polar surface area (TPSA) is 28.4 Å². The van der Waals surface area contributed by atoms with Crippen LogP contribution >= 0.6 is 0 Å². The molecule has 0 amide bonds. The first-order valence-electron chi connectivity index (χ1n) is 7.52. The van der Waals surface area contributed by atoms with E-state index >= 15 is 0 Å². The van der Waals surface area contributed by atoms with Crippen LogP contribution in [-0.2, 0) is 13.1 Å². The summed E-state index contributed by atoms with van der Waals surface area (Å²) in [5.41, 5.74) is 1.39. The van der Waals surface area contributed by atoms with E-state index in [1.807, 2.05) is 13.0 Å². The van der Waals surface area contributed by atoms with Gasteiger partial charge in [0.15, 0.2) is 0 Å². The van der Waals surface area contributed by atoms with Crippen molar-refractivity contribution in [2.45, 2.75) is 59.7 Å². The molecule has 114 valence electrons. The quantitative estimate of drug-likeness (QED) is 0.732. The summed E-state index contributed by atoms with van der Waals surface area (Å²) in [6.45, 7) is 18.3. The van der Waals surface area contributed by atoms with E-state index in [9.17, 15) is 0 Å². The maximum absolute atomic E-state index is 5.85. The van der Waals surface area contributed by atoms with Gasteiger partial charge in [0, 0.05) is 24.2 Å². The van der Waals surface area contributed by atoms with Gasteiger partial charge >= 0.3 is 0 Å². The monoisotopic (exact) mass is 278 g/mol. The minimum Gasteiger partial charge on any atom is -0.465 e. The number of hydrogen-bond donors (Lipinski definition) is 1. The maximum atomic E-state index is 5.85. The summed E-state index contributed by atoms with van der Waals surface area (Å²) in [5, 5.41) is 3.46. The predicted octanol–water partition coefficient (Wildman–Crippen LogP) is 3.87. The third kappa shape index (κ3) is 5.93. The molecular weight excluding hydrogens is 248 g/mol. The molecule has 0 saturated carbocycles. The van der Waals surface area contributed by atoms with Crippen LogP contribution in [0.2, 0.25) is 0 Å². The molecule has 3 heteroatoms. The van der Waals surface area contributed by atoms with Crippen molar-refractivity contribution in [3.05, 3.63) is 35.8 Å². The van der Waals surface area contributed by atoms with Crippen LogP contribution < -0.4 is 5.32 Å². The van der Waals surface area contributed by atoms with Gasteiger partial charge in [-0.05, 0) is 46.7 Å². The molecule has 3 nitrogen and oxygen atoms in total. The molecule has 0 atom stereocenters. The van der Waals surface area contributed by atoms with Crippen LogP contribution in [0.5, 0.6) is 0 Å². The lowest BCUT2D eigenvalue weighted by Crippen LogP contribution is -2.34. The summed E-state index contributed by atoms with van der Waals surface area (Å²) >= 11 is 0. The fourth-order valence-corrected chi connectivity index (χ4v) is 2.16. The summed E-state index contributed by atoms with van der Waals surface area (Å²) in [6, 6.07) is 2.18. The Morgan fingerprint density at radius 1 is 1.40 bits per heavy atom. The highest BCUT2D eigenvalue weighted by molar-refractivity contribution is 5.21. The van der Waals surface area contributed by atoms with E-state index < -0.39 is 0 Å². The molecule has 1 aromatic heterocycles. The van der Waals surface area contributed by atoms with Gasteiger partial charge < -0.3 is 9.73 Å². The first-order chi connectivity index (χ1) is 9.35. The lowest BCUT2D eigenvalue weighted by atomic mass is 10.1. The second-order valence-electron chi connectivity index (χ2n) is 6.42. The van der Waals surface area contributed by atoms with Crippen molar-refractivity contribution in [2.24, 2.45) is 0 Å². The summed E-state index contributed by atoms with van der Waals surface area (Å²) in [6.07, 6.45) is 3.12. The average molecular weight is 278 g/mol. The number of aryl methyl sites for hydroxylation is 1. The number of furan rings is 1. The van der Waals surface area contributed by atoms with E-state index in [1.165, 1.54) is 5.56 Å². The molecule has 1 heterocycles. The van der Waals surface area contributed by atoms with Crippen molar-refractivity contribution in [3.63, 3.8) is 0 Å². The van der Waals surface area contributed by atoms with Crippen LogP contribution in [0.25, 0.3) is 0 Å². The van der Waals surface area contributed by atoms with Crippen molar-refractivity contribution >= 4 is 0 Å². The van der Waals surface area contributed by atoms with Gasteiger partial charge in [-0.1, -0.05) is 13.0 Å². The predicted molar refractivity (Wildman–Crippen MR) is 85.8 cm³/mol. The number of hydrogen-bond acceptors (Lipinski definition) is 3. The smallest absolute Gasteiger partial charge is 0.118 e. The Kier molecular flexibility index (Phi) is 6.50. The van der Waals surface area contributed by atoms with Gasteiger partial charge in [0.1, 0.15) is 11.5 Å². The van der Waals surface area contributed by atoms with E-state index in [-0.39, 0.29) is 5.54 Å². The standard InChI is InChI=1S/C17H30N2O/c1-7-9-19(10-8-2)13-15-11-16(20-14(15)3)12-18-17(4,5)6/h7,11,18H,1,8-10,12-13H2,2-6H3. The Balaban J connectivity index is 2.66. The molecule has 0 aliphatic carbocycles. The summed E-state index contributed by atoms with van der Waals surface area (Å²) in [7, 11) is 0. The molecule has 0 radical (unpaired) electrons. The first-order valence-corrected chi connectivity index (χ1v) is 7.52. The van der Waals surface area contributed by atoms with E-state index in [0.717, 1.165) is 44.1 Å². The molecule has 0 unspecified atom stereocenters. The summed E-state index contributed by atoms with van der Waals surface area (Å²) in [4.78, 5) is 2.39. The fourth-order valence-electron chi connectivity index (χ4n) is 2.16. The zero-order chi connectivity index (χ0) is 15.2. The van der Waals surface area contributed by atoms with Gasteiger partial charge in [0.05, 0.1) is 6.54 Å². The Bertz CT molecular complexity index is 415. The van der Waals surface area contributed by atoms with Gasteiger partial charge in [-0.15, -0.1) is 6.58 Å². The molecule has 0 bridgehead atoms. The van der Waals surface area contributed by atoms with Crippen molar-refractivity contribution in [1.82, 2.24) is 10.2 Å². The second kappa shape index (κ2) is 7.65. The molecule has 0 saturated heterocycles. The molecule has 0 aliphatic rings. The maximum Gasteiger partial charge on any atom is 0.118 e. The highest BCUT2D eigenvalue weighted by Crippen LogP contribution is 2.17. The van der Waals surface area contributed by atoms with Gasteiger partial charge in [0.25, 0.3) is 0 Å². The van der Waals surface area contributed by atoms with E-state index in [2.05, 4.69) is 50.6 Å². The molecule has 1 rings (SSSR count). The lowest BCUT2D eigenvalue weighted by Gasteiger charge is -2.19. The van der Waals surface area contributed by atoms with Crippen LogP contribution in [0.3, 0.4) is 0 Å². The van der Waals surface area contributed by atoms with Crippen LogP contribution in [0.15, 0.2) is 23.1 Å². The zero-order valence-electron chi connectivity index (χ0n) is 13.8. The third-order valence-electron chi connectivity index (χ3n) is 3.19. The van der Waals surface area contributed by atoms with Crippen molar-refractivity contribution in [3.8, 4) is 0 Å².